The fourth-order valence-corrected chi connectivity index (χ4v) is 4.45. The molecule has 1 atom stereocenters. The number of esters is 1. The molecule has 0 heterocycles. The van der Waals surface area contributed by atoms with E-state index < -0.39 is 18.1 Å². The van der Waals surface area contributed by atoms with Gasteiger partial charge in [0, 0.05) is 18.9 Å². The van der Waals surface area contributed by atoms with Crippen LogP contribution < -0.4 is 0 Å². The molecule has 3 aromatic rings. The minimum Gasteiger partial charge on any atom is -0.467 e. The summed E-state index contributed by atoms with van der Waals surface area (Å²) in [5.41, 5.74) is 5.60. The molecule has 0 N–H and O–H groups in total. The highest BCUT2D eigenvalue weighted by molar-refractivity contribution is 5.82. The van der Waals surface area contributed by atoms with Gasteiger partial charge in [-0.05, 0) is 34.7 Å². The summed E-state index contributed by atoms with van der Waals surface area (Å²) in [6.07, 6.45) is -0.147. The van der Waals surface area contributed by atoms with Crippen LogP contribution in [-0.2, 0) is 20.7 Å². The molecule has 0 radical (unpaired) electrons. The van der Waals surface area contributed by atoms with Crippen LogP contribution in [0.3, 0.4) is 0 Å². The molecule has 5 nitrogen and oxygen atoms in total. The number of fused-ring (bicyclic) bond motifs is 3. The Morgan fingerprint density at radius 1 is 0.875 bits per heavy atom. The average Bonchev–Trinajstić information content (AvgIpc) is 3.16. The largest absolute Gasteiger partial charge is 0.467 e. The highest BCUT2D eigenvalue weighted by Crippen LogP contribution is 2.44. The number of nitrogens with zero attached hydrogens (tertiary/aromatic N) is 1. The Balaban J connectivity index is 1.52. The smallest absolute Gasteiger partial charge is 0.410 e. The van der Waals surface area contributed by atoms with Gasteiger partial charge in [-0.25, -0.2) is 9.59 Å². The summed E-state index contributed by atoms with van der Waals surface area (Å²) in [5.74, 6) is -0.486. The van der Waals surface area contributed by atoms with Crippen molar-refractivity contribution in [1.82, 2.24) is 4.90 Å². The molecule has 32 heavy (non-hydrogen) atoms. The number of benzene rings is 3. The van der Waals surface area contributed by atoms with Crippen LogP contribution in [0.1, 0.15) is 29.5 Å². The molecular weight excluding hydrogens is 402 g/mol. The molecule has 1 aliphatic rings. The fourth-order valence-electron chi connectivity index (χ4n) is 4.45. The summed E-state index contributed by atoms with van der Waals surface area (Å²) < 4.78 is 10.8. The fraction of sp³-hybridized carbons (Fsp3) is 0.259. The number of carbonyl (C=O) groups is 2. The molecule has 0 unspecified atom stereocenters. The predicted octanol–water partition coefficient (Wildman–Crippen LogP) is 5.04. The van der Waals surface area contributed by atoms with Crippen LogP contribution in [0.5, 0.6) is 0 Å². The second-order valence-electron chi connectivity index (χ2n) is 7.82. The van der Waals surface area contributed by atoms with E-state index in [2.05, 4.69) is 24.3 Å². The number of amides is 1. The summed E-state index contributed by atoms with van der Waals surface area (Å²) in [7, 11) is 1.34. The van der Waals surface area contributed by atoms with Crippen molar-refractivity contribution in [3.63, 3.8) is 0 Å². The van der Waals surface area contributed by atoms with E-state index in [1.165, 1.54) is 23.1 Å². The third-order valence-electron chi connectivity index (χ3n) is 6.03. The van der Waals surface area contributed by atoms with E-state index in [1.54, 1.807) is 0 Å². The number of hydrogen-bond acceptors (Lipinski definition) is 4. The van der Waals surface area contributed by atoms with Gasteiger partial charge in [-0.1, -0.05) is 78.9 Å². The number of carbonyl (C=O) groups excluding carboxylic acids is 2. The first-order chi connectivity index (χ1) is 15.6. The van der Waals surface area contributed by atoms with Gasteiger partial charge < -0.3 is 9.47 Å². The van der Waals surface area contributed by atoms with Crippen LogP contribution >= 0.6 is 0 Å². The summed E-state index contributed by atoms with van der Waals surface area (Å²) >= 11 is 0. The van der Waals surface area contributed by atoms with Crippen molar-refractivity contribution in [2.75, 3.05) is 20.3 Å². The Bertz CT molecular complexity index is 1050. The quantitative estimate of drug-likeness (QED) is 0.494. The maximum absolute atomic E-state index is 13.1. The van der Waals surface area contributed by atoms with Crippen LogP contribution in [0.15, 0.2) is 78.9 Å². The van der Waals surface area contributed by atoms with E-state index in [4.69, 9.17) is 9.47 Å². The van der Waals surface area contributed by atoms with E-state index in [-0.39, 0.29) is 12.5 Å². The molecule has 0 spiro atoms. The van der Waals surface area contributed by atoms with Gasteiger partial charge in [0.05, 0.1) is 7.11 Å². The highest BCUT2D eigenvalue weighted by atomic mass is 16.6. The number of hydrogen-bond donors (Lipinski definition) is 0. The van der Waals surface area contributed by atoms with Gasteiger partial charge in [-0.15, -0.1) is 0 Å². The molecule has 0 saturated carbocycles. The molecule has 1 aliphatic carbocycles. The zero-order valence-electron chi connectivity index (χ0n) is 18.4. The Morgan fingerprint density at radius 3 is 2.00 bits per heavy atom. The number of methoxy groups -OCH3 is 1. The first kappa shape index (κ1) is 21.6. The summed E-state index contributed by atoms with van der Waals surface area (Å²) in [6.45, 7) is 2.38. The molecule has 4 rings (SSSR count). The van der Waals surface area contributed by atoms with Crippen molar-refractivity contribution in [3.05, 3.63) is 95.6 Å². The lowest BCUT2D eigenvalue weighted by molar-refractivity contribution is -0.146. The minimum atomic E-state index is -0.747. The topological polar surface area (TPSA) is 55.8 Å². The van der Waals surface area contributed by atoms with Crippen molar-refractivity contribution >= 4 is 12.1 Å². The van der Waals surface area contributed by atoms with Gasteiger partial charge in [-0.3, -0.25) is 4.90 Å². The van der Waals surface area contributed by atoms with Crippen LogP contribution in [-0.4, -0.2) is 43.3 Å². The molecule has 3 aromatic carbocycles. The lowest BCUT2D eigenvalue weighted by Crippen LogP contribution is -2.47. The van der Waals surface area contributed by atoms with Crippen LogP contribution in [0, 0.1) is 0 Å². The van der Waals surface area contributed by atoms with Gasteiger partial charge in [0.15, 0.2) is 0 Å². The monoisotopic (exact) mass is 429 g/mol. The van der Waals surface area contributed by atoms with Crippen molar-refractivity contribution in [2.45, 2.75) is 25.3 Å². The normalized spacial score (nSPS) is 13.1. The molecule has 0 aromatic heterocycles. The molecular formula is C27H27NO4. The Kier molecular flexibility index (Phi) is 6.55. The van der Waals surface area contributed by atoms with Gasteiger partial charge in [0.1, 0.15) is 12.6 Å². The lowest BCUT2D eigenvalue weighted by Gasteiger charge is -2.29. The number of rotatable bonds is 7. The molecule has 0 bridgehead atoms. The predicted molar refractivity (Wildman–Crippen MR) is 123 cm³/mol. The third kappa shape index (κ3) is 4.24. The summed E-state index contributed by atoms with van der Waals surface area (Å²) in [6, 6.07) is 25.3. The van der Waals surface area contributed by atoms with Crippen molar-refractivity contribution in [3.8, 4) is 11.1 Å². The SMILES string of the molecule is CCN(C(=O)OCC1c2ccccc2-c2ccccc21)[C@@H](Cc1ccccc1)C(=O)OC. The van der Waals surface area contributed by atoms with Crippen LogP contribution in [0.25, 0.3) is 11.1 Å². The van der Waals surface area contributed by atoms with Gasteiger partial charge >= 0.3 is 12.1 Å². The summed E-state index contributed by atoms with van der Waals surface area (Å²) in [5, 5.41) is 0. The molecule has 5 heteroatoms. The maximum Gasteiger partial charge on any atom is 0.410 e. The number of ether oxygens (including phenoxy) is 2. The Hall–Kier alpha value is -3.60. The van der Waals surface area contributed by atoms with Gasteiger partial charge in [0.25, 0.3) is 0 Å². The Morgan fingerprint density at radius 2 is 1.44 bits per heavy atom. The minimum absolute atomic E-state index is 0.0317. The molecule has 0 saturated heterocycles. The summed E-state index contributed by atoms with van der Waals surface area (Å²) in [4.78, 5) is 27.1. The number of likely N-dealkylation sites (N-methyl/N-ethyl adjacent to an activating group) is 1. The third-order valence-corrected chi connectivity index (χ3v) is 6.03. The van der Waals surface area contributed by atoms with Crippen LogP contribution in [0.4, 0.5) is 4.79 Å². The zero-order chi connectivity index (χ0) is 22.5. The average molecular weight is 430 g/mol. The highest BCUT2D eigenvalue weighted by Gasteiger charge is 2.33. The van der Waals surface area contributed by atoms with Crippen molar-refractivity contribution in [2.24, 2.45) is 0 Å². The van der Waals surface area contributed by atoms with Gasteiger partial charge in [-0.2, -0.15) is 0 Å². The van der Waals surface area contributed by atoms with Gasteiger partial charge in [0.2, 0.25) is 0 Å². The molecule has 1 amide bonds. The molecule has 164 valence electrons. The molecule has 0 aliphatic heterocycles. The Labute approximate surface area is 188 Å². The van der Waals surface area contributed by atoms with Crippen molar-refractivity contribution in [1.29, 1.82) is 0 Å². The van der Waals surface area contributed by atoms with E-state index >= 15 is 0 Å². The van der Waals surface area contributed by atoms with E-state index in [0.717, 1.165) is 16.7 Å². The van der Waals surface area contributed by atoms with Crippen molar-refractivity contribution < 1.29 is 19.1 Å². The first-order valence-corrected chi connectivity index (χ1v) is 10.9. The standard InChI is InChI=1S/C27H27NO4/c1-3-28(25(26(29)31-2)17-19-11-5-4-6-12-19)27(30)32-18-24-22-15-9-7-13-20(22)21-14-8-10-16-23(21)24/h4-16,24-25H,3,17-18H2,1-2H3/t25-/m0/s1. The lowest BCUT2D eigenvalue weighted by atomic mass is 9.98. The van der Waals surface area contributed by atoms with E-state index in [9.17, 15) is 9.59 Å². The second kappa shape index (κ2) is 9.69. The zero-order valence-corrected chi connectivity index (χ0v) is 18.4. The van der Waals surface area contributed by atoms with Crippen LogP contribution in [0.2, 0.25) is 0 Å². The molecule has 0 fully saturated rings. The second-order valence-corrected chi connectivity index (χ2v) is 7.82. The van der Waals surface area contributed by atoms with E-state index in [0.29, 0.717) is 13.0 Å². The first-order valence-electron chi connectivity index (χ1n) is 10.9. The maximum atomic E-state index is 13.1. The van der Waals surface area contributed by atoms with E-state index in [1.807, 2.05) is 61.5 Å².